The number of anilines is 1. The van der Waals surface area contributed by atoms with Gasteiger partial charge in [-0.3, -0.25) is 9.10 Å². The molecule has 7 heteroatoms. The first-order valence-corrected chi connectivity index (χ1v) is 11.9. The Morgan fingerprint density at radius 1 is 1.00 bits per heavy atom. The molecule has 0 saturated heterocycles. The second-order valence-electron chi connectivity index (χ2n) is 7.72. The molecule has 5 nitrogen and oxygen atoms in total. The Morgan fingerprint density at radius 3 is 2.29 bits per heavy atom. The second-order valence-corrected chi connectivity index (χ2v) is 10.0. The van der Waals surface area contributed by atoms with Crippen LogP contribution in [0.1, 0.15) is 34.3 Å². The SMILES string of the molecule is Cc1ccc(S(=O)(=O)N(Cc2ccc(Cl)cc2)c2ccccc2C(=O)NC2CC2)cc1. The Balaban J connectivity index is 1.80. The number of hydrogen-bond donors (Lipinski definition) is 1. The Labute approximate surface area is 187 Å². The van der Waals surface area contributed by atoms with E-state index in [-0.39, 0.29) is 23.4 Å². The smallest absolute Gasteiger partial charge is 0.264 e. The van der Waals surface area contributed by atoms with Crippen molar-refractivity contribution in [2.45, 2.75) is 37.2 Å². The maximum absolute atomic E-state index is 13.7. The van der Waals surface area contributed by atoms with Crippen LogP contribution in [0.5, 0.6) is 0 Å². The number of para-hydroxylation sites is 1. The lowest BCUT2D eigenvalue weighted by Crippen LogP contribution is -2.34. The standard InChI is InChI=1S/C24H23ClN2O3S/c1-17-6-14-21(15-7-17)31(29,30)27(16-18-8-10-19(25)11-9-18)23-5-3-2-4-22(23)24(28)26-20-12-13-20/h2-11,14-15,20H,12-13,16H2,1H3,(H,26,28). The third-order valence-electron chi connectivity index (χ3n) is 5.18. The second kappa shape index (κ2) is 8.73. The molecule has 1 N–H and O–H groups in total. The molecule has 31 heavy (non-hydrogen) atoms. The Morgan fingerprint density at radius 2 is 1.65 bits per heavy atom. The number of benzene rings is 3. The van der Waals surface area contributed by atoms with Crippen LogP contribution >= 0.6 is 11.6 Å². The third kappa shape index (κ3) is 4.92. The van der Waals surface area contributed by atoms with Gasteiger partial charge in [0.15, 0.2) is 0 Å². The highest BCUT2D eigenvalue weighted by molar-refractivity contribution is 7.92. The molecule has 0 aromatic heterocycles. The summed E-state index contributed by atoms with van der Waals surface area (Å²) in [5.41, 5.74) is 2.40. The van der Waals surface area contributed by atoms with E-state index in [1.807, 2.05) is 6.92 Å². The predicted molar refractivity (Wildman–Crippen MR) is 123 cm³/mol. The lowest BCUT2D eigenvalue weighted by molar-refractivity contribution is 0.0951. The van der Waals surface area contributed by atoms with Gasteiger partial charge < -0.3 is 5.32 Å². The molecule has 0 heterocycles. The van der Waals surface area contributed by atoms with Crippen molar-refractivity contribution in [3.63, 3.8) is 0 Å². The van der Waals surface area contributed by atoms with Crippen LogP contribution < -0.4 is 9.62 Å². The van der Waals surface area contributed by atoms with Gasteiger partial charge in [-0.05, 0) is 61.7 Å². The van der Waals surface area contributed by atoms with Gasteiger partial charge in [0.2, 0.25) is 0 Å². The molecule has 3 aromatic carbocycles. The first kappa shape index (κ1) is 21.4. The average Bonchev–Trinajstić information content (AvgIpc) is 3.57. The first-order valence-electron chi connectivity index (χ1n) is 10.1. The van der Waals surface area contributed by atoms with Crippen molar-refractivity contribution in [2.24, 2.45) is 0 Å². The van der Waals surface area contributed by atoms with Crippen LogP contribution in [0, 0.1) is 6.92 Å². The molecule has 3 aromatic rings. The van der Waals surface area contributed by atoms with Gasteiger partial charge in [-0.1, -0.05) is 53.6 Å². The van der Waals surface area contributed by atoms with Crippen molar-refractivity contribution >= 4 is 33.2 Å². The van der Waals surface area contributed by atoms with E-state index >= 15 is 0 Å². The highest BCUT2D eigenvalue weighted by atomic mass is 35.5. The van der Waals surface area contributed by atoms with Gasteiger partial charge >= 0.3 is 0 Å². The number of amides is 1. The maximum atomic E-state index is 13.7. The Kier molecular flexibility index (Phi) is 6.03. The minimum atomic E-state index is -3.93. The fourth-order valence-corrected chi connectivity index (χ4v) is 4.86. The molecule has 1 amide bonds. The maximum Gasteiger partial charge on any atom is 0.264 e. The largest absolute Gasteiger partial charge is 0.349 e. The number of rotatable bonds is 7. The van der Waals surface area contributed by atoms with E-state index in [0.717, 1.165) is 24.0 Å². The zero-order valence-corrected chi connectivity index (χ0v) is 18.7. The molecular weight excluding hydrogens is 432 g/mol. The number of sulfonamides is 1. The summed E-state index contributed by atoms with van der Waals surface area (Å²) >= 11 is 6.00. The van der Waals surface area contributed by atoms with E-state index in [1.165, 1.54) is 4.31 Å². The van der Waals surface area contributed by atoms with Crippen molar-refractivity contribution in [2.75, 3.05) is 4.31 Å². The van der Waals surface area contributed by atoms with Gasteiger partial charge in [-0.15, -0.1) is 0 Å². The summed E-state index contributed by atoms with van der Waals surface area (Å²) in [6.45, 7) is 1.97. The molecule has 0 spiro atoms. The van der Waals surface area contributed by atoms with Crippen LogP contribution in [0.4, 0.5) is 5.69 Å². The molecule has 1 aliphatic carbocycles. The van der Waals surface area contributed by atoms with Crippen molar-refractivity contribution in [1.29, 1.82) is 0 Å². The first-order chi connectivity index (χ1) is 14.8. The highest BCUT2D eigenvalue weighted by Crippen LogP contribution is 2.30. The zero-order valence-electron chi connectivity index (χ0n) is 17.1. The predicted octanol–water partition coefficient (Wildman–Crippen LogP) is 4.94. The fraction of sp³-hybridized carbons (Fsp3) is 0.208. The zero-order chi connectivity index (χ0) is 22.0. The highest BCUT2D eigenvalue weighted by Gasteiger charge is 2.30. The Bertz CT molecular complexity index is 1190. The number of hydrogen-bond acceptors (Lipinski definition) is 3. The van der Waals surface area contributed by atoms with E-state index < -0.39 is 10.0 Å². The van der Waals surface area contributed by atoms with Gasteiger partial charge in [0, 0.05) is 11.1 Å². The molecule has 1 aliphatic rings. The molecule has 0 radical (unpaired) electrons. The molecule has 0 unspecified atom stereocenters. The third-order valence-corrected chi connectivity index (χ3v) is 7.20. The normalized spacial score (nSPS) is 13.6. The van der Waals surface area contributed by atoms with Crippen LogP contribution in [0.2, 0.25) is 5.02 Å². The molecule has 1 fully saturated rings. The summed E-state index contributed by atoms with van der Waals surface area (Å²) < 4.78 is 28.7. The molecule has 0 bridgehead atoms. The van der Waals surface area contributed by atoms with Crippen molar-refractivity contribution in [3.8, 4) is 0 Å². The van der Waals surface area contributed by atoms with Crippen LogP contribution in [0.3, 0.4) is 0 Å². The van der Waals surface area contributed by atoms with E-state index in [9.17, 15) is 13.2 Å². The van der Waals surface area contributed by atoms with Crippen molar-refractivity contribution in [1.82, 2.24) is 5.32 Å². The van der Waals surface area contributed by atoms with Crippen molar-refractivity contribution < 1.29 is 13.2 Å². The van der Waals surface area contributed by atoms with Gasteiger partial charge in [0.25, 0.3) is 15.9 Å². The summed E-state index contributed by atoms with van der Waals surface area (Å²) in [6, 6.07) is 20.7. The molecule has 0 aliphatic heterocycles. The van der Waals surface area contributed by atoms with Crippen LogP contribution in [-0.4, -0.2) is 20.4 Å². The van der Waals surface area contributed by atoms with E-state index in [1.54, 1.807) is 72.8 Å². The number of halogens is 1. The van der Waals surface area contributed by atoms with Gasteiger partial charge in [0.1, 0.15) is 0 Å². The van der Waals surface area contributed by atoms with E-state index in [2.05, 4.69) is 5.32 Å². The van der Waals surface area contributed by atoms with E-state index in [4.69, 9.17) is 11.6 Å². The average molecular weight is 455 g/mol. The number of nitrogens with zero attached hydrogens (tertiary/aromatic N) is 1. The molecular formula is C24H23ClN2O3S. The minimum absolute atomic E-state index is 0.0705. The Hall–Kier alpha value is -2.83. The molecule has 0 atom stereocenters. The lowest BCUT2D eigenvalue weighted by Gasteiger charge is -2.27. The summed E-state index contributed by atoms with van der Waals surface area (Å²) in [6.07, 6.45) is 1.90. The monoisotopic (exact) mass is 454 g/mol. The quantitative estimate of drug-likeness (QED) is 0.550. The topological polar surface area (TPSA) is 66.5 Å². The van der Waals surface area contributed by atoms with Crippen LogP contribution in [0.25, 0.3) is 0 Å². The molecule has 160 valence electrons. The van der Waals surface area contributed by atoms with Gasteiger partial charge in [0.05, 0.1) is 22.7 Å². The van der Waals surface area contributed by atoms with Gasteiger partial charge in [-0.2, -0.15) is 0 Å². The number of aryl methyl sites for hydroxylation is 1. The molecule has 4 rings (SSSR count). The van der Waals surface area contributed by atoms with Crippen LogP contribution in [-0.2, 0) is 16.6 Å². The van der Waals surface area contributed by atoms with Crippen molar-refractivity contribution in [3.05, 3.63) is 94.5 Å². The van der Waals surface area contributed by atoms with E-state index in [0.29, 0.717) is 16.3 Å². The number of carbonyl (C=O) groups is 1. The summed E-state index contributed by atoms with van der Waals surface area (Å²) in [7, 11) is -3.93. The minimum Gasteiger partial charge on any atom is -0.349 e. The number of carbonyl (C=O) groups excluding carboxylic acids is 1. The summed E-state index contributed by atoms with van der Waals surface area (Å²) in [4.78, 5) is 13.0. The number of nitrogens with one attached hydrogen (secondary N) is 1. The summed E-state index contributed by atoms with van der Waals surface area (Å²) in [5, 5.41) is 3.53. The van der Waals surface area contributed by atoms with Gasteiger partial charge in [-0.25, -0.2) is 8.42 Å². The lowest BCUT2D eigenvalue weighted by atomic mass is 10.1. The summed E-state index contributed by atoms with van der Waals surface area (Å²) in [5.74, 6) is -0.265. The fourth-order valence-electron chi connectivity index (χ4n) is 3.27. The molecule has 1 saturated carbocycles. The van der Waals surface area contributed by atoms with Crippen LogP contribution in [0.15, 0.2) is 77.7 Å².